The van der Waals surface area contributed by atoms with Crippen molar-refractivity contribution in [2.24, 2.45) is 17.6 Å². The molecule has 1 heterocycles. The van der Waals surface area contributed by atoms with Crippen molar-refractivity contribution in [3.05, 3.63) is 71.8 Å². The lowest BCUT2D eigenvalue weighted by Crippen LogP contribution is -2.63. The summed E-state index contributed by atoms with van der Waals surface area (Å²) in [6.45, 7) is 11.8. The van der Waals surface area contributed by atoms with E-state index in [2.05, 4.69) is 26.6 Å². The number of nitrogens with zero attached hydrogens (tertiary/aromatic N) is 1. The monoisotopic (exact) mass is 855 g/mol. The molecule has 0 spiro atoms. The average Bonchev–Trinajstić information content (AvgIpc) is 3.50. The van der Waals surface area contributed by atoms with Crippen LogP contribution in [0.4, 0.5) is 0 Å². The van der Waals surface area contributed by atoms with E-state index >= 15 is 0 Å². The first-order chi connectivity index (χ1) is 27.8. The Balaban J connectivity index is 1.88. The summed E-state index contributed by atoms with van der Waals surface area (Å²) in [5.74, 6) is -4.67. The molecule has 7 atom stereocenters. The highest BCUT2D eigenvalue weighted by atomic mass is 32.2. The van der Waals surface area contributed by atoms with Crippen molar-refractivity contribution in [1.82, 2.24) is 31.5 Å². The van der Waals surface area contributed by atoms with E-state index in [1.165, 1.54) is 35.3 Å². The van der Waals surface area contributed by atoms with Gasteiger partial charge >= 0.3 is 0 Å². The fourth-order valence-electron chi connectivity index (χ4n) is 6.78. The summed E-state index contributed by atoms with van der Waals surface area (Å²) in [4.78, 5) is 95.1. The topological polar surface area (TPSA) is 229 Å². The van der Waals surface area contributed by atoms with E-state index in [1.807, 2.05) is 36.6 Å². The van der Waals surface area contributed by atoms with Gasteiger partial charge in [0, 0.05) is 18.1 Å². The Labute approximate surface area is 355 Å². The minimum absolute atomic E-state index is 0.0230. The number of primary amides is 1. The Morgan fingerprint density at radius 1 is 0.780 bits per heavy atom. The van der Waals surface area contributed by atoms with E-state index in [-0.39, 0.29) is 18.7 Å². The van der Waals surface area contributed by atoms with Gasteiger partial charge in [0.2, 0.25) is 35.4 Å². The second-order valence-corrected chi connectivity index (χ2v) is 18.6. The van der Waals surface area contributed by atoms with Gasteiger partial charge in [-0.3, -0.25) is 33.6 Å². The largest absolute Gasteiger partial charge is 0.381 e. The maximum Gasteiger partial charge on any atom is 0.254 e. The lowest BCUT2D eigenvalue weighted by molar-refractivity contribution is -0.148. The number of rotatable bonds is 21. The number of carbonyl (C=O) groups is 7. The molecule has 15 nitrogen and oxygen atoms in total. The number of thioether (sulfide) groups is 2. The molecule has 1 fully saturated rings. The van der Waals surface area contributed by atoms with E-state index in [0.29, 0.717) is 17.7 Å². The molecule has 2 aromatic carbocycles. The van der Waals surface area contributed by atoms with E-state index in [1.54, 1.807) is 71.9 Å². The fourth-order valence-corrected chi connectivity index (χ4v) is 8.39. The Morgan fingerprint density at radius 3 is 1.81 bits per heavy atom. The van der Waals surface area contributed by atoms with Gasteiger partial charge in [-0.25, -0.2) is 0 Å². The van der Waals surface area contributed by atoms with E-state index in [9.17, 15) is 38.7 Å². The summed E-state index contributed by atoms with van der Waals surface area (Å²) in [7, 11) is 0. The smallest absolute Gasteiger partial charge is 0.254 e. The van der Waals surface area contributed by atoms with Gasteiger partial charge in [0.1, 0.15) is 30.2 Å². The van der Waals surface area contributed by atoms with Crippen LogP contribution >= 0.6 is 23.5 Å². The third kappa shape index (κ3) is 14.3. The molecule has 324 valence electrons. The van der Waals surface area contributed by atoms with Gasteiger partial charge in [0.15, 0.2) is 6.10 Å². The molecule has 59 heavy (non-hydrogen) atoms. The average molecular weight is 856 g/mol. The first kappa shape index (κ1) is 48.8. The van der Waals surface area contributed by atoms with Crippen molar-refractivity contribution >= 4 is 64.9 Å². The molecule has 7 amide bonds. The Hall–Kier alpha value is -4.61. The van der Waals surface area contributed by atoms with Crippen molar-refractivity contribution in [3.63, 3.8) is 0 Å². The van der Waals surface area contributed by atoms with E-state index in [4.69, 9.17) is 5.73 Å². The number of aliphatic hydroxyl groups excluding tert-OH is 1. The molecule has 1 aliphatic rings. The van der Waals surface area contributed by atoms with Crippen molar-refractivity contribution in [2.75, 3.05) is 17.9 Å². The summed E-state index contributed by atoms with van der Waals surface area (Å²) in [6.07, 6.45) is 0.535. The van der Waals surface area contributed by atoms with Gasteiger partial charge in [-0.1, -0.05) is 88.4 Å². The fraction of sp³-hybridized carbons (Fsp3) is 0.548. The van der Waals surface area contributed by atoms with Crippen LogP contribution in [0.3, 0.4) is 0 Å². The molecule has 0 bridgehead atoms. The van der Waals surface area contributed by atoms with E-state index in [0.717, 1.165) is 5.56 Å². The van der Waals surface area contributed by atoms with Gasteiger partial charge < -0.3 is 42.3 Å². The highest BCUT2D eigenvalue weighted by molar-refractivity contribution is 8.00. The summed E-state index contributed by atoms with van der Waals surface area (Å²) < 4.78 is -0.860. The number of hydrogen-bond donors (Lipinski definition) is 7. The number of carbonyl (C=O) groups excluding carboxylic acids is 7. The number of nitrogens with two attached hydrogens (primary N) is 1. The highest BCUT2D eigenvalue weighted by Gasteiger charge is 2.50. The molecule has 1 aliphatic heterocycles. The molecule has 0 aliphatic carbocycles. The first-order valence-electron chi connectivity index (χ1n) is 19.7. The summed E-state index contributed by atoms with van der Waals surface area (Å²) in [5, 5.41) is 25.6. The van der Waals surface area contributed by atoms with Crippen LogP contribution in [0.5, 0.6) is 0 Å². The normalized spacial score (nSPS) is 17.8. The van der Waals surface area contributed by atoms with Crippen LogP contribution in [0.15, 0.2) is 60.7 Å². The minimum atomic E-state index is -1.84. The third-order valence-corrected chi connectivity index (χ3v) is 12.1. The van der Waals surface area contributed by atoms with Crippen molar-refractivity contribution in [2.45, 2.75) is 115 Å². The Morgan fingerprint density at radius 2 is 1.31 bits per heavy atom. The summed E-state index contributed by atoms with van der Waals surface area (Å²) in [6, 6.07) is 11.6. The second kappa shape index (κ2) is 22.7. The molecule has 2 aromatic rings. The lowest BCUT2D eigenvalue weighted by Gasteiger charge is -2.35. The zero-order chi connectivity index (χ0) is 44.0. The van der Waals surface area contributed by atoms with Gasteiger partial charge in [0.05, 0.1) is 11.9 Å². The van der Waals surface area contributed by atoms with Crippen LogP contribution < -0.4 is 32.3 Å². The number of hydrogen-bond acceptors (Lipinski definition) is 10. The number of benzene rings is 2. The third-order valence-electron chi connectivity index (χ3n) is 10.1. The predicted octanol–water partition coefficient (Wildman–Crippen LogP) is 1.51. The molecule has 0 aromatic heterocycles. The first-order valence-corrected chi connectivity index (χ1v) is 22.1. The second-order valence-electron chi connectivity index (χ2n) is 16.0. The Bertz CT molecular complexity index is 1770. The van der Waals surface area contributed by atoms with Gasteiger partial charge in [-0.05, 0) is 61.7 Å². The summed E-state index contributed by atoms with van der Waals surface area (Å²) in [5.41, 5.74) is 7.05. The molecular weight excluding hydrogens is 795 g/mol. The SMILES string of the molecule is CSCC[C@H](NC(=O)[C@@H](NC(=O)[C@H]1N(C(=O)[C@@H](O)[C@H](Cc2ccccc2)NC(=O)[C@@H](NC(=O)[C@H](Cc2ccccc2)NC(C)=O)C(C)C)CSC1(C)C)C(C)C)C(N)=O. The lowest BCUT2D eigenvalue weighted by atomic mass is 9.95. The maximum atomic E-state index is 14.4. The number of aliphatic hydroxyl groups is 1. The van der Waals surface area contributed by atoms with Crippen LogP contribution in [0, 0.1) is 11.8 Å². The Kier molecular flexibility index (Phi) is 18.7. The maximum absolute atomic E-state index is 14.4. The van der Waals surface area contributed by atoms with Crippen LogP contribution in [0.2, 0.25) is 0 Å². The van der Waals surface area contributed by atoms with E-state index < -0.39 is 100 Å². The predicted molar refractivity (Wildman–Crippen MR) is 231 cm³/mol. The zero-order valence-electron chi connectivity index (χ0n) is 35.2. The molecule has 0 radical (unpaired) electrons. The quantitative estimate of drug-likeness (QED) is 0.0958. The molecule has 17 heteroatoms. The van der Waals surface area contributed by atoms with Crippen molar-refractivity contribution < 1.29 is 38.7 Å². The van der Waals surface area contributed by atoms with Crippen LogP contribution in [-0.4, -0.2) is 116 Å². The molecule has 1 saturated heterocycles. The summed E-state index contributed by atoms with van der Waals surface area (Å²) >= 11 is 2.81. The highest BCUT2D eigenvalue weighted by Crippen LogP contribution is 2.40. The van der Waals surface area contributed by atoms with Gasteiger partial charge in [-0.2, -0.15) is 11.8 Å². The molecule has 0 unspecified atom stereocenters. The molecule has 3 rings (SSSR count). The van der Waals surface area contributed by atoms with Gasteiger partial charge in [0.25, 0.3) is 5.91 Å². The standard InChI is InChI=1S/C42H61N7O8S2/c1-24(2)32(47-37(53)31(44-26(5)50)22-28-17-13-10-14-18-28)39(55)46-30(21-27-15-11-9-12-16-27)34(51)41(57)49-23-59-42(6,7)35(49)40(56)48-33(25(3)4)38(54)45-29(36(43)52)19-20-58-8/h9-18,24-25,29-35,51H,19-23H2,1-8H3,(H2,43,52)(H,44,50)(H,45,54)(H,46,55)(H,47,53)(H,48,56)/t29-,30-,31-,32-,33-,34-,35+/m0/s1. The van der Waals surface area contributed by atoms with Crippen molar-refractivity contribution in [3.8, 4) is 0 Å². The minimum Gasteiger partial charge on any atom is -0.381 e. The van der Waals surface area contributed by atoms with Crippen LogP contribution in [0.1, 0.15) is 66.0 Å². The number of amides is 7. The van der Waals surface area contributed by atoms with Crippen LogP contribution in [0.25, 0.3) is 0 Å². The molecule has 8 N–H and O–H groups in total. The molecule has 0 saturated carbocycles. The zero-order valence-corrected chi connectivity index (χ0v) is 36.8. The van der Waals surface area contributed by atoms with Crippen molar-refractivity contribution in [1.29, 1.82) is 0 Å². The van der Waals surface area contributed by atoms with Crippen LogP contribution in [-0.2, 0) is 46.4 Å². The molecular formula is C42H61N7O8S2. The number of nitrogens with one attached hydrogen (secondary N) is 5. The van der Waals surface area contributed by atoms with Gasteiger partial charge in [-0.15, -0.1) is 11.8 Å².